The first-order chi connectivity index (χ1) is 10.1. The molecule has 0 radical (unpaired) electrons. The third-order valence-electron chi connectivity index (χ3n) is 4.71. The van der Waals surface area contributed by atoms with Crippen LogP contribution >= 0.6 is 0 Å². The molecule has 2 nitrogen and oxygen atoms in total. The molecule has 1 aromatic carbocycles. The summed E-state index contributed by atoms with van der Waals surface area (Å²) < 4.78 is 0. The van der Waals surface area contributed by atoms with Crippen LogP contribution in [0.1, 0.15) is 57.6 Å². The minimum Gasteiger partial charge on any atom is -0.317 e. The quantitative estimate of drug-likeness (QED) is 0.850. The van der Waals surface area contributed by atoms with Crippen LogP contribution in [0.2, 0.25) is 0 Å². The summed E-state index contributed by atoms with van der Waals surface area (Å²) in [4.78, 5) is 2.64. The maximum absolute atomic E-state index is 3.47. The van der Waals surface area contributed by atoms with E-state index in [1.807, 2.05) is 0 Å². The van der Waals surface area contributed by atoms with Gasteiger partial charge in [-0.3, -0.25) is 4.90 Å². The number of nitrogens with zero attached hydrogens (tertiary/aromatic N) is 1. The van der Waals surface area contributed by atoms with Crippen LogP contribution in [0.5, 0.6) is 0 Å². The zero-order valence-corrected chi connectivity index (χ0v) is 14.2. The number of hydrogen-bond donors (Lipinski definition) is 1. The van der Waals surface area contributed by atoms with Crippen LogP contribution in [-0.2, 0) is 6.54 Å². The first kappa shape index (κ1) is 16.5. The molecule has 0 aromatic heterocycles. The van der Waals surface area contributed by atoms with Crippen LogP contribution in [0.25, 0.3) is 0 Å². The van der Waals surface area contributed by atoms with E-state index in [-0.39, 0.29) is 0 Å². The van der Waals surface area contributed by atoms with Gasteiger partial charge in [0, 0.05) is 19.1 Å². The van der Waals surface area contributed by atoms with E-state index >= 15 is 0 Å². The van der Waals surface area contributed by atoms with Crippen LogP contribution < -0.4 is 5.32 Å². The summed E-state index contributed by atoms with van der Waals surface area (Å²) in [6.45, 7) is 13.9. The van der Waals surface area contributed by atoms with Gasteiger partial charge in [0.15, 0.2) is 0 Å². The van der Waals surface area contributed by atoms with Gasteiger partial charge in [-0.2, -0.15) is 0 Å². The van der Waals surface area contributed by atoms with Crippen molar-refractivity contribution in [1.82, 2.24) is 10.2 Å². The first-order valence-electron chi connectivity index (χ1n) is 8.60. The van der Waals surface area contributed by atoms with Crippen LogP contribution in [0, 0.1) is 5.92 Å². The molecule has 1 aliphatic rings. The van der Waals surface area contributed by atoms with Crippen molar-refractivity contribution >= 4 is 0 Å². The molecule has 0 aliphatic carbocycles. The summed E-state index contributed by atoms with van der Waals surface area (Å²) in [5.74, 6) is 1.48. The monoisotopic (exact) mass is 288 g/mol. The average Bonchev–Trinajstić information content (AvgIpc) is 2.48. The highest BCUT2D eigenvalue weighted by atomic mass is 15.1. The number of piperidine rings is 1. The molecule has 1 aromatic rings. The Morgan fingerprint density at radius 3 is 2.19 bits per heavy atom. The van der Waals surface area contributed by atoms with Crippen molar-refractivity contribution in [3.8, 4) is 0 Å². The standard InChI is InChI=1S/C19H32N2/c1-15(2)19-7-5-17(6-8-19)13-21(16(3)4)14-18-9-11-20-12-10-18/h5-8,15-16,18,20H,9-14H2,1-4H3. The van der Waals surface area contributed by atoms with Gasteiger partial charge in [-0.1, -0.05) is 38.1 Å². The lowest BCUT2D eigenvalue weighted by atomic mass is 9.96. The maximum Gasteiger partial charge on any atom is 0.0236 e. The van der Waals surface area contributed by atoms with E-state index in [2.05, 4.69) is 62.2 Å². The van der Waals surface area contributed by atoms with Gasteiger partial charge in [-0.05, 0) is 62.7 Å². The Morgan fingerprint density at radius 2 is 1.67 bits per heavy atom. The van der Waals surface area contributed by atoms with Gasteiger partial charge in [-0.15, -0.1) is 0 Å². The molecule has 118 valence electrons. The molecule has 1 fully saturated rings. The second-order valence-corrected chi connectivity index (χ2v) is 7.11. The van der Waals surface area contributed by atoms with E-state index in [4.69, 9.17) is 0 Å². The molecule has 21 heavy (non-hydrogen) atoms. The van der Waals surface area contributed by atoms with Gasteiger partial charge in [0.2, 0.25) is 0 Å². The maximum atomic E-state index is 3.47. The molecule has 0 atom stereocenters. The summed E-state index contributed by atoms with van der Waals surface area (Å²) in [6, 6.07) is 9.83. The predicted octanol–water partition coefficient (Wildman–Crippen LogP) is 4.02. The Labute approximate surface area is 130 Å². The fourth-order valence-corrected chi connectivity index (χ4v) is 3.10. The predicted molar refractivity (Wildman–Crippen MR) is 91.7 cm³/mol. The van der Waals surface area contributed by atoms with Crippen molar-refractivity contribution in [2.24, 2.45) is 5.92 Å². The van der Waals surface area contributed by atoms with Gasteiger partial charge >= 0.3 is 0 Å². The molecular formula is C19H32N2. The van der Waals surface area contributed by atoms with Gasteiger partial charge in [0.25, 0.3) is 0 Å². The van der Waals surface area contributed by atoms with Crippen molar-refractivity contribution in [1.29, 1.82) is 0 Å². The van der Waals surface area contributed by atoms with Gasteiger partial charge in [0.05, 0.1) is 0 Å². The normalized spacial score (nSPS) is 17.1. The summed E-state index contributed by atoms with van der Waals surface area (Å²) in [5, 5.41) is 3.47. The summed E-state index contributed by atoms with van der Waals surface area (Å²) in [5.41, 5.74) is 2.88. The van der Waals surface area contributed by atoms with Crippen molar-refractivity contribution in [3.05, 3.63) is 35.4 Å². The lowest BCUT2D eigenvalue weighted by Crippen LogP contribution is -2.39. The summed E-state index contributed by atoms with van der Waals surface area (Å²) in [6.07, 6.45) is 2.66. The van der Waals surface area contributed by atoms with Crippen molar-refractivity contribution in [3.63, 3.8) is 0 Å². The van der Waals surface area contributed by atoms with E-state index in [0.29, 0.717) is 12.0 Å². The van der Waals surface area contributed by atoms with E-state index in [1.165, 1.54) is 43.6 Å². The Morgan fingerprint density at radius 1 is 1.05 bits per heavy atom. The second kappa shape index (κ2) is 7.95. The fourth-order valence-electron chi connectivity index (χ4n) is 3.10. The van der Waals surface area contributed by atoms with E-state index in [9.17, 15) is 0 Å². The van der Waals surface area contributed by atoms with E-state index in [1.54, 1.807) is 0 Å². The topological polar surface area (TPSA) is 15.3 Å². The third kappa shape index (κ3) is 5.12. The first-order valence-corrected chi connectivity index (χ1v) is 8.60. The molecule has 1 N–H and O–H groups in total. The van der Waals surface area contributed by atoms with Crippen molar-refractivity contribution in [2.75, 3.05) is 19.6 Å². The van der Waals surface area contributed by atoms with Crippen molar-refractivity contribution < 1.29 is 0 Å². The largest absolute Gasteiger partial charge is 0.317 e. The van der Waals surface area contributed by atoms with Crippen LogP contribution in [-0.4, -0.2) is 30.6 Å². The Balaban J connectivity index is 1.95. The molecule has 1 aliphatic heterocycles. The average molecular weight is 288 g/mol. The minimum atomic E-state index is 0.615. The highest BCUT2D eigenvalue weighted by Crippen LogP contribution is 2.19. The smallest absolute Gasteiger partial charge is 0.0236 e. The molecular weight excluding hydrogens is 256 g/mol. The molecule has 1 heterocycles. The summed E-state index contributed by atoms with van der Waals surface area (Å²) in [7, 11) is 0. The number of hydrogen-bond acceptors (Lipinski definition) is 2. The Bertz CT molecular complexity index is 402. The summed E-state index contributed by atoms with van der Waals surface area (Å²) >= 11 is 0. The molecule has 0 saturated carbocycles. The Hall–Kier alpha value is -0.860. The zero-order chi connectivity index (χ0) is 15.2. The second-order valence-electron chi connectivity index (χ2n) is 7.11. The highest BCUT2D eigenvalue weighted by Gasteiger charge is 2.19. The van der Waals surface area contributed by atoms with Crippen LogP contribution in [0.15, 0.2) is 24.3 Å². The van der Waals surface area contributed by atoms with E-state index in [0.717, 1.165) is 12.5 Å². The molecule has 2 rings (SSSR count). The highest BCUT2D eigenvalue weighted by molar-refractivity contribution is 5.24. The number of benzene rings is 1. The third-order valence-corrected chi connectivity index (χ3v) is 4.71. The number of nitrogens with one attached hydrogen (secondary N) is 1. The van der Waals surface area contributed by atoms with Gasteiger partial charge in [-0.25, -0.2) is 0 Å². The molecule has 2 heteroatoms. The molecule has 1 saturated heterocycles. The van der Waals surface area contributed by atoms with Gasteiger partial charge < -0.3 is 5.32 Å². The Kier molecular flexibility index (Phi) is 6.25. The molecule has 0 bridgehead atoms. The molecule has 0 amide bonds. The lowest BCUT2D eigenvalue weighted by Gasteiger charge is -2.32. The van der Waals surface area contributed by atoms with Gasteiger partial charge in [0.1, 0.15) is 0 Å². The SMILES string of the molecule is CC(C)c1ccc(CN(CC2CCNCC2)C(C)C)cc1. The van der Waals surface area contributed by atoms with Crippen molar-refractivity contribution in [2.45, 2.75) is 59.0 Å². The van der Waals surface area contributed by atoms with Crippen LogP contribution in [0.3, 0.4) is 0 Å². The zero-order valence-electron chi connectivity index (χ0n) is 14.2. The van der Waals surface area contributed by atoms with E-state index < -0.39 is 0 Å². The molecule has 0 unspecified atom stereocenters. The van der Waals surface area contributed by atoms with Crippen LogP contribution in [0.4, 0.5) is 0 Å². The molecule has 0 spiro atoms. The minimum absolute atomic E-state index is 0.615. The number of rotatable bonds is 6. The lowest BCUT2D eigenvalue weighted by molar-refractivity contribution is 0.162. The fraction of sp³-hybridized carbons (Fsp3) is 0.684.